The average molecular weight is 504 g/mol. The van der Waals surface area contributed by atoms with Crippen LogP contribution in [0.2, 0.25) is 0 Å². The summed E-state index contributed by atoms with van der Waals surface area (Å²) < 4.78 is 59.3. The summed E-state index contributed by atoms with van der Waals surface area (Å²) in [5.41, 5.74) is 5.11. The van der Waals surface area contributed by atoms with E-state index >= 15 is 8.78 Å². The number of nitrogens with one attached hydrogen (secondary N) is 1. The molecule has 0 fully saturated rings. The molecule has 11 heteroatoms. The summed E-state index contributed by atoms with van der Waals surface area (Å²) in [5.74, 6) is -2.41. The van der Waals surface area contributed by atoms with Crippen molar-refractivity contribution in [2.75, 3.05) is 10.5 Å². The maximum absolute atomic E-state index is 15.7. The van der Waals surface area contributed by atoms with Gasteiger partial charge in [0.25, 0.3) is 0 Å². The average Bonchev–Trinajstić information content (AvgIpc) is 3.21. The SMILES string of the molecule is CC(C)(C)c1nc(-c2c(F)ccc(NS(=O)c3cccc(F)c3)c2F)c(-c2ccnc(N)n2)s1. The van der Waals surface area contributed by atoms with Crippen LogP contribution in [0.5, 0.6) is 0 Å². The molecule has 4 aromatic rings. The number of nitrogen functional groups attached to an aromatic ring is 1. The zero-order chi connectivity index (χ0) is 24.6. The van der Waals surface area contributed by atoms with Gasteiger partial charge in [-0.25, -0.2) is 32.3 Å². The third-order valence-corrected chi connectivity index (χ3v) is 7.31. The minimum atomic E-state index is -1.99. The molecule has 1 unspecified atom stereocenters. The van der Waals surface area contributed by atoms with Gasteiger partial charge < -0.3 is 5.73 Å². The lowest BCUT2D eigenvalue weighted by atomic mass is 9.98. The summed E-state index contributed by atoms with van der Waals surface area (Å²) in [4.78, 5) is 13.1. The smallest absolute Gasteiger partial charge is 0.220 e. The first-order valence-corrected chi connectivity index (χ1v) is 12.0. The summed E-state index contributed by atoms with van der Waals surface area (Å²) in [6, 6.07) is 8.86. The number of rotatable bonds is 5. The van der Waals surface area contributed by atoms with Gasteiger partial charge in [0.2, 0.25) is 5.95 Å². The van der Waals surface area contributed by atoms with Gasteiger partial charge in [-0.3, -0.25) is 4.72 Å². The van der Waals surface area contributed by atoms with E-state index in [1.807, 2.05) is 20.8 Å². The van der Waals surface area contributed by atoms with E-state index in [9.17, 15) is 8.60 Å². The topological polar surface area (TPSA) is 93.8 Å². The molecule has 176 valence electrons. The van der Waals surface area contributed by atoms with Crippen LogP contribution in [0, 0.1) is 17.5 Å². The van der Waals surface area contributed by atoms with Crippen molar-refractivity contribution in [1.29, 1.82) is 0 Å². The molecule has 0 aliphatic heterocycles. The van der Waals surface area contributed by atoms with Crippen LogP contribution in [0.4, 0.5) is 24.8 Å². The monoisotopic (exact) mass is 503 g/mol. The molecule has 0 radical (unpaired) electrons. The lowest BCUT2D eigenvalue weighted by molar-refractivity contribution is 0.580. The minimum absolute atomic E-state index is 0.0102. The van der Waals surface area contributed by atoms with Gasteiger partial charge in [0.1, 0.15) is 22.6 Å². The van der Waals surface area contributed by atoms with Gasteiger partial charge in [0.15, 0.2) is 5.82 Å². The lowest BCUT2D eigenvalue weighted by Crippen LogP contribution is -2.10. The molecule has 2 heterocycles. The van der Waals surface area contributed by atoms with Crippen LogP contribution in [0.1, 0.15) is 25.8 Å². The van der Waals surface area contributed by atoms with E-state index in [0.29, 0.717) is 15.6 Å². The van der Waals surface area contributed by atoms with Crippen molar-refractivity contribution in [3.63, 3.8) is 0 Å². The molecule has 0 spiro atoms. The van der Waals surface area contributed by atoms with Crippen LogP contribution in [-0.2, 0) is 16.4 Å². The molecular formula is C23H20F3N5OS2. The zero-order valence-electron chi connectivity index (χ0n) is 18.4. The van der Waals surface area contributed by atoms with E-state index in [4.69, 9.17) is 5.73 Å². The highest BCUT2D eigenvalue weighted by molar-refractivity contribution is 7.86. The Labute approximate surface area is 200 Å². The third-order valence-electron chi connectivity index (χ3n) is 4.72. The molecule has 34 heavy (non-hydrogen) atoms. The zero-order valence-corrected chi connectivity index (χ0v) is 20.0. The number of nitrogens with zero attached hydrogens (tertiary/aromatic N) is 3. The van der Waals surface area contributed by atoms with Gasteiger partial charge >= 0.3 is 0 Å². The molecule has 4 rings (SSSR count). The van der Waals surface area contributed by atoms with E-state index in [2.05, 4.69) is 19.7 Å². The second-order valence-electron chi connectivity index (χ2n) is 8.36. The van der Waals surface area contributed by atoms with Crippen LogP contribution >= 0.6 is 11.3 Å². The van der Waals surface area contributed by atoms with Crippen molar-refractivity contribution in [1.82, 2.24) is 15.0 Å². The standard InChI is InChI=1S/C23H20F3N5OS2/c1-23(2,3)21-30-19(20(33-21)16-9-10-28-22(27)29-16)17-14(25)7-8-15(18(17)26)31-34(32)13-6-4-5-12(24)11-13/h4-11,31H,1-3H3,(H2,27,28,29). The van der Waals surface area contributed by atoms with Crippen LogP contribution < -0.4 is 10.5 Å². The number of hydrogen-bond donors (Lipinski definition) is 2. The Kier molecular flexibility index (Phi) is 6.41. The van der Waals surface area contributed by atoms with Crippen LogP contribution in [0.15, 0.2) is 53.6 Å². The molecule has 0 saturated heterocycles. The van der Waals surface area contributed by atoms with Gasteiger partial charge in [-0.2, -0.15) is 0 Å². The van der Waals surface area contributed by atoms with Gasteiger partial charge in [-0.15, -0.1) is 11.3 Å². The summed E-state index contributed by atoms with van der Waals surface area (Å²) in [6.45, 7) is 5.79. The maximum Gasteiger partial charge on any atom is 0.220 e. The highest BCUT2D eigenvalue weighted by Gasteiger charge is 2.28. The van der Waals surface area contributed by atoms with Gasteiger partial charge in [0, 0.05) is 11.6 Å². The summed E-state index contributed by atoms with van der Waals surface area (Å²) in [6.07, 6.45) is 1.45. The number of thiazole rings is 1. The first-order chi connectivity index (χ1) is 16.0. The number of nitrogens with two attached hydrogens (primary N) is 1. The lowest BCUT2D eigenvalue weighted by Gasteiger charge is -2.14. The van der Waals surface area contributed by atoms with Crippen LogP contribution in [-0.4, -0.2) is 19.2 Å². The van der Waals surface area contributed by atoms with E-state index in [-0.39, 0.29) is 22.2 Å². The minimum Gasteiger partial charge on any atom is -0.368 e. The van der Waals surface area contributed by atoms with Crippen molar-refractivity contribution < 1.29 is 17.4 Å². The summed E-state index contributed by atoms with van der Waals surface area (Å²) in [5, 5.41) is 0.634. The number of benzene rings is 2. The van der Waals surface area contributed by atoms with E-state index < -0.39 is 39.4 Å². The largest absolute Gasteiger partial charge is 0.368 e. The fourth-order valence-corrected chi connectivity index (χ4v) is 5.07. The second-order valence-corrected chi connectivity index (χ2v) is 10.6. The third kappa shape index (κ3) is 4.80. The second kappa shape index (κ2) is 9.15. The van der Waals surface area contributed by atoms with E-state index in [1.165, 1.54) is 35.7 Å². The Balaban J connectivity index is 1.85. The maximum atomic E-state index is 15.7. The molecule has 0 bridgehead atoms. The van der Waals surface area contributed by atoms with Crippen molar-refractivity contribution >= 4 is 34.0 Å². The van der Waals surface area contributed by atoms with Crippen LogP contribution in [0.3, 0.4) is 0 Å². The first kappa shape index (κ1) is 23.8. The molecule has 2 aromatic carbocycles. The molecule has 1 atom stereocenters. The Morgan fingerprint density at radius 3 is 2.50 bits per heavy atom. The molecular weight excluding hydrogens is 483 g/mol. The van der Waals surface area contributed by atoms with Gasteiger partial charge in [-0.1, -0.05) is 26.8 Å². The summed E-state index contributed by atoms with van der Waals surface area (Å²) >= 11 is 1.25. The van der Waals surface area contributed by atoms with Crippen LogP contribution in [0.25, 0.3) is 21.8 Å². The van der Waals surface area contributed by atoms with E-state index in [1.54, 1.807) is 6.07 Å². The van der Waals surface area contributed by atoms with Crippen molar-refractivity contribution in [2.45, 2.75) is 31.1 Å². The molecule has 0 aliphatic rings. The Bertz CT molecular complexity index is 1400. The molecule has 3 N–H and O–H groups in total. The predicted octanol–water partition coefficient (Wildman–Crippen LogP) is 5.70. The number of anilines is 2. The fraction of sp³-hybridized carbons (Fsp3) is 0.174. The van der Waals surface area contributed by atoms with Crippen molar-refractivity contribution in [2.24, 2.45) is 0 Å². The molecule has 2 aromatic heterocycles. The Morgan fingerprint density at radius 2 is 1.82 bits per heavy atom. The number of hydrogen-bond acceptors (Lipinski definition) is 6. The predicted molar refractivity (Wildman–Crippen MR) is 128 cm³/mol. The highest BCUT2D eigenvalue weighted by atomic mass is 32.2. The Hall–Kier alpha value is -3.31. The van der Waals surface area contributed by atoms with Crippen molar-refractivity contribution in [3.8, 4) is 21.8 Å². The highest BCUT2D eigenvalue weighted by Crippen LogP contribution is 2.42. The first-order valence-electron chi connectivity index (χ1n) is 10.1. The molecule has 0 saturated carbocycles. The fourth-order valence-electron chi connectivity index (χ4n) is 3.07. The number of halogens is 3. The van der Waals surface area contributed by atoms with Gasteiger partial charge in [0.05, 0.1) is 37.4 Å². The quantitative estimate of drug-likeness (QED) is 0.364. The summed E-state index contributed by atoms with van der Waals surface area (Å²) in [7, 11) is -1.99. The molecule has 0 aliphatic carbocycles. The van der Waals surface area contributed by atoms with Gasteiger partial charge in [-0.05, 0) is 36.4 Å². The normalized spacial score (nSPS) is 12.5. The molecule has 6 nitrogen and oxygen atoms in total. The van der Waals surface area contributed by atoms with E-state index in [0.717, 1.165) is 18.2 Å². The molecule has 0 amide bonds. The Morgan fingerprint density at radius 1 is 1.06 bits per heavy atom. The number of aromatic nitrogens is 3. The van der Waals surface area contributed by atoms with Crippen molar-refractivity contribution in [3.05, 3.63) is 71.1 Å².